The van der Waals surface area contributed by atoms with E-state index in [9.17, 15) is 4.79 Å². The molecule has 3 N–H and O–H groups in total. The molecule has 0 aromatic heterocycles. The van der Waals surface area contributed by atoms with Crippen LogP contribution in [0.15, 0.2) is 23.6 Å². The number of rotatable bonds is 5. The number of allylic oxidation sites excluding steroid dienone is 2. The van der Waals surface area contributed by atoms with Gasteiger partial charge in [0.2, 0.25) is 0 Å². The van der Waals surface area contributed by atoms with Gasteiger partial charge in [-0.3, -0.25) is 0 Å². The number of hydrogen-bond donors (Lipinski definition) is 1. The summed E-state index contributed by atoms with van der Waals surface area (Å²) in [7, 11) is 0. The first-order chi connectivity index (χ1) is 6.27. The third kappa shape index (κ3) is 4.45. The minimum absolute atomic E-state index is 0. The van der Waals surface area contributed by atoms with Crippen molar-refractivity contribution in [2.75, 3.05) is 19.5 Å². The van der Waals surface area contributed by atoms with E-state index in [-0.39, 0.29) is 18.2 Å². The Balaban J connectivity index is 0.00000169. The molecule has 1 heterocycles. The molecule has 0 bridgehead atoms. The molecule has 1 aliphatic heterocycles. The minimum Gasteiger partial charge on any atom is -0.459 e. The summed E-state index contributed by atoms with van der Waals surface area (Å²) in [5.74, 6) is -0.303. The molecule has 0 spiro atoms. The average molecular weight is 217 g/mol. The van der Waals surface area contributed by atoms with Crippen LogP contribution in [-0.2, 0) is 14.3 Å². The number of hydrogen-bond acceptors (Lipinski definition) is 5. The molecule has 0 amide bonds. The first kappa shape index (κ1) is 13.2. The Kier molecular flexibility index (Phi) is 6.27. The fraction of sp³-hybridized carbons (Fsp3) is 0.444. The summed E-state index contributed by atoms with van der Waals surface area (Å²) in [6, 6.07) is 0. The van der Waals surface area contributed by atoms with Crippen LogP contribution < -0.4 is 6.15 Å². The van der Waals surface area contributed by atoms with E-state index in [1.165, 1.54) is 11.8 Å². The number of thioether (sulfide) groups is 1. The number of carbonyl (C=O) groups is 1. The standard InChI is InChI=1S/C9H12O3S.H3N/c1-3-4-8(13-2)9(10)12-6-7-5-11-7;/h3-4,7H,1,5-6H2,2H3;1H3/b8-4-;. The maximum atomic E-state index is 11.3. The molecule has 1 fully saturated rings. The molecule has 5 heteroatoms. The Labute approximate surface area is 87.9 Å². The smallest absolute Gasteiger partial charge is 0.344 e. The van der Waals surface area contributed by atoms with Crippen molar-refractivity contribution in [1.82, 2.24) is 6.15 Å². The molecule has 0 aromatic rings. The normalized spacial score (nSPS) is 19.5. The fourth-order valence-corrected chi connectivity index (χ4v) is 1.19. The Morgan fingerprint density at radius 2 is 2.43 bits per heavy atom. The highest BCUT2D eigenvalue weighted by Crippen LogP contribution is 2.15. The molecular formula is C9H15NO3S. The van der Waals surface area contributed by atoms with Crippen molar-refractivity contribution in [2.45, 2.75) is 6.10 Å². The molecule has 1 rings (SSSR count). The molecule has 1 atom stereocenters. The SMILES string of the molecule is C=C/C=C(\SC)C(=O)OCC1CO1.N. The fourth-order valence-electron chi connectivity index (χ4n) is 0.730. The van der Waals surface area contributed by atoms with Gasteiger partial charge in [0.1, 0.15) is 12.7 Å². The van der Waals surface area contributed by atoms with Gasteiger partial charge in [-0.05, 0) is 12.3 Å². The molecule has 1 saturated heterocycles. The van der Waals surface area contributed by atoms with Crippen molar-refractivity contribution < 1.29 is 14.3 Å². The Morgan fingerprint density at radius 3 is 2.86 bits per heavy atom. The molecule has 1 aliphatic rings. The maximum absolute atomic E-state index is 11.3. The van der Waals surface area contributed by atoms with Crippen LogP contribution in [0.2, 0.25) is 0 Å². The molecule has 1 unspecified atom stereocenters. The second-order valence-corrected chi connectivity index (χ2v) is 3.37. The lowest BCUT2D eigenvalue weighted by Crippen LogP contribution is -2.10. The summed E-state index contributed by atoms with van der Waals surface area (Å²) >= 11 is 1.35. The molecule has 4 nitrogen and oxygen atoms in total. The number of ether oxygens (including phenoxy) is 2. The highest BCUT2D eigenvalue weighted by molar-refractivity contribution is 8.03. The number of carbonyl (C=O) groups excluding carboxylic acids is 1. The zero-order chi connectivity index (χ0) is 9.68. The van der Waals surface area contributed by atoms with Crippen LogP contribution in [0.4, 0.5) is 0 Å². The molecule has 0 aliphatic carbocycles. The molecular weight excluding hydrogens is 202 g/mol. The van der Waals surface area contributed by atoms with E-state index in [4.69, 9.17) is 9.47 Å². The predicted molar refractivity (Wildman–Crippen MR) is 57.5 cm³/mol. The van der Waals surface area contributed by atoms with Crippen LogP contribution in [0, 0.1) is 0 Å². The number of esters is 1. The topological polar surface area (TPSA) is 73.8 Å². The lowest BCUT2D eigenvalue weighted by Gasteiger charge is -2.03. The van der Waals surface area contributed by atoms with Gasteiger partial charge in [0.15, 0.2) is 0 Å². The van der Waals surface area contributed by atoms with E-state index in [1.807, 2.05) is 6.26 Å². The van der Waals surface area contributed by atoms with Gasteiger partial charge >= 0.3 is 5.97 Å². The van der Waals surface area contributed by atoms with Crippen LogP contribution in [0.3, 0.4) is 0 Å². The summed E-state index contributed by atoms with van der Waals surface area (Å²) in [6.07, 6.45) is 5.15. The molecule has 0 aromatic carbocycles. The molecule has 0 radical (unpaired) electrons. The molecule has 80 valence electrons. The summed E-state index contributed by atoms with van der Waals surface area (Å²) in [5.41, 5.74) is 0. The zero-order valence-corrected chi connectivity index (χ0v) is 9.01. The van der Waals surface area contributed by atoms with Crippen molar-refractivity contribution in [1.29, 1.82) is 0 Å². The van der Waals surface area contributed by atoms with Crippen LogP contribution in [0.5, 0.6) is 0 Å². The van der Waals surface area contributed by atoms with Gasteiger partial charge < -0.3 is 15.6 Å². The van der Waals surface area contributed by atoms with Crippen molar-refractivity contribution in [3.63, 3.8) is 0 Å². The first-order valence-corrected chi connectivity index (χ1v) is 5.16. The van der Waals surface area contributed by atoms with E-state index in [2.05, 4.69) is 6.58 Å². The lowest BCUT2D eigenvalue weighted by molar-refractivity contribution is -0.138. The van der Waals surface area contributed by atoms with Gasteiger partial charge in [0.25, 0.3) is 0 Å². The minimum atomic E-state index is -0.303. The van der Waals surface area contributed by atoms with Crippen LogP contribution in [0.25, 0.3) is 0 Å². The van der Waals surface area contributed by atoms with Crippen molar-refractivity contribution in [2.24, 2.45) is 0 Å². The third-order valence-corrected chi connectivity index (χ3v) is 2.24. The van der Waals surface area contributed by atoms with E-state index in [0.29, 0.717) is 18.1 Å². The third-order valence-electron chi connectivity index (χ3n) is 1.49. The van der Waals surface area contributed by atoms with Gasteiger partial charge in [0.05, 0.1) is 11.5 Å². The van der Waals surface area contributed by atoms with E-state index in [1.54, 1.807) is 12.2 Å². The highest BCUT2D eigenvalue weighted by Gasteiger charge is 2.24. The summed E-state index contributed by atoms with van der Waals surface area (Å²) in [5, 5.41) is 0. The summed E-state index contributed by atoms with van der Waals surface area (Å²) in [4.78, 5) is 11.8. The van der Waals surface area contributed by atoms with Crippen LogP contribution in [-0.4, -0.2) is 31.5 Å². The second-order valence-electron chi connectivity index (χ2n) is 2.52. The monoisotopic (exact) mass is 217 g/mol. The zero-order valence-electron chi connectivity index (χ0n) is 8.19. The summed E-state index contributed by atoms with van der Waals surface area (Å²) < 4.78 is 9.88. The molecule has 14 heavy (non-hydrogen) atoms. The largest absolute Gasteiger partial charge is 0.459 e. The summed E-state index contributed by atoms with van der Waals surface area (Å²) in [6.45, 7) is 4.57. The van der Waals surface area contributed by atoms with Gasteiger partial charge in [-0.2, -0.15) is 0 Å². The van der Waals surface area contributed by atoms with Crippen molar-refractivity contribution >= 4 is 17.7 Å². The van der Waals surface area contributed by atoms with E-state index >= 15 is 0 Å². The lowest BCUT2D eigenvalue weighted by atomic mass is 10.4. The second kappa shape index (κ2) is 6.64. The Bertz CT molecular complexity index is 236. The highest BCUT2D eigenvalue weighted by atomic mass is 32.2. The number of epoxide rings is 1. The van der Waals surface area contributed by atoms with Crippen molar-refractivity contribution in [3.8, 4) is 0 Å². The van der Waals surface area contributed by atoms with Gasteiger partial charge in [0, 0.05) is 0 Å². The van der Waals surface area contributed by atoms with E-state index < -0.39 is 0 Å². The van der Waals surface area contributed by atoms with Gasteiger partial charge in [-0.1, -0.05) is 12.7 Å². The van der Waals surface area contributed by atoms with E-state index in [0.717, 1.165) is 0 Å². The predicted octanol–water partition coefficient (Wildman–Crippen LogP) is 1.52. The van der Waals surface area contributed by atoms with Crippen molar-refractivity contribution in [3.05, 3.63) is 23.6 Å². The van der Waals surface area contributed by atoms with Crippen LogP contribution >= 0.6 is 11.8 Å². The van der Waals surface area contributed by atoms with Crippen LogP contribution in [0.1, 0.15) is 0 Å². The molecule has 0 saturated carbocycles. The average Bonchev–Trinajstić information content (AvgIpc) is 2.93. The quantitative estimate of drug-likeness (QED) is 0.327. The van der Waals surface area contributed by atoms with Gasteiger partial charge in [-0.15, -0.1) is 11.8 Å². The Morgan fingerprint density at radius 1 is 1.79 bits per heavy atom. The maximum Gasteiger partial charge on any atom is 0.344 e. The Hall–Kier alpha value is -0.780. The first-order valence-electron chi connectivity index (χ1n) is 3.93. The van der Waals surface area contributed by atoms with Gasteiger partial charge in [-0.25, -0.2) is 4.79 Å².